The van der Waals surface area contributed by atoms with Crippen molar-refractivity contribution < 1.29 is 23.1 Å². The van der Waals surface area contributed by atoms with Gasteiger partial charge in [-0.1, -0.05) is 28.1 Å². The van der Waals surface area contributed by atoms with E-state index in [4.69, 9.17) is 4.74 Å². The van der Waals surface area contributed by atoms with Crippen molar-refractivity contribution in [3.8, 4) is 11.5 Å². The van der Waals surface area contributed by atoms with Gasteiger partial charge in [0.25, 0.3) is 11.8 Å². The van der Waals surface area contributed by atoms with Crippen LogP contribution in [0.2, 0.25) is 0 Å². The molecule has 170 valence electrons. The van der Waals surface area contributed by atoms with Crippen molar-refractivity contribution in [2.24, 2.45) is 0 Å². The molecule has 0 aliphatic heterocycles. The van der Waals surface area contributed by atoms with E-state index in [9.17, 15) is 18.4 Å². The fourth-order valence-electron chi connectivity index (χ4n) is 3.11. The van der Waals surface area contributed by atoms with Crippen molar-refractivity contribution in [2.45, 2.75) is 0 Å². The van der Waals surface area contributed by atoms with E-state index in [1.165, 1.54) is 42.5 Å². The number of halogens is 3. The van der Waals surface area contributed by atoms with Gasteiger partial charge in [0.1, 0.15) is 23.1 Å². The van der Waals surface area contributed by atoms with Gasteiger partial charge >= 0.3 is 0 Å². The monoisotopic (exact) mass is 522 g/mol. The summed E-state index contributed by atoms with van der Waals surface area (Å²) in [6.07, 6.45) is 0. The molecule has 0 bridgehead atoms. The molecule has 0 aliphatic rings. The summed E-state index contributed by atoms with van der Waals surface area (Å²) in [6, 6.07) is 22.3. The molecular formula is C26H17BrF2N2O3. The summed E-state index contributed by atoms with van der Waals surface area (Å²) in [5.74, 6) is -1.30. The number of amides is 2. The van der Waals surface area contributed by atoms with E-state index < -0.39 is 23.4 Å². The molecule has 2 N–H and O–H groups in total. The third-order valence-electron chi connectivity index (χ3n) is 4.65. The maximum Gasteiger partial charge on any atom is 0.255 e. The highest BCUT2D eigenvalue weighted by Crippen LogP contribution is 2.30. The first-order chi connectivity index (χ1) is 16.4. The average Bonchev–Trinajstić information content (AvgIpc) is 2.80. The van der Waals surface area contributed by atoms with E-state index >= 15 is 0 Å². The van der Waals surface area contributed by atoms with E-state index in [1.54, 1.807) is 36.4 Å². The van der Waals surface area contributed by atoms with Gasteiger partial charge in [-0.15, -0.1) is 0 Å². The first-order valence-electron chi connectivity index (χ1n) is 10.1. The van der Waals surface area contributed by atoms with Crippen LogP contribution in [0.4, 0.5) is 20.2 Å². The summed E-state index contributed by atoms with van der Waals surface area (Å²) < 4.78 is 33.8. The Bertz CT molecular complexity index is 1280. The molecular weight excluding hydrogens is 506 g/mol. The molecule has 0 aliphatic carbocycles. The third kappa shape index (κ3) is 6.05. The van der Waals surface area contributed by atoms with E-state index in [0.29, 0.717) is 22.9 Å². The van der Waals surface area contributed by atoms with Crippen molar-refractivity contribution >= 4 is 39.1 Å². The van der Waals surface area contributed by atoms with Gasteiger partial charge in [-0.3, -0.25) is 9.59 Å². The van der Waals surface area contributed by atoms with Crippen LogP contribution in [0.3, 0.4) is 0 Å². The van der Waals surface area contributed by atoms with Crippen LogP contribution in [0.15, 0.2) is 95.5 Å². The van der Waals surface area contributed by atoms with Gasteiger partial charge in [-0.05, 0) is 66.7 Å². The zero-order chi connectivity index (χ0) is 24.1. The zero-order valence-corrected chi connectivity index (χ0v) is 19.1. The van der Waals surface area contributed by atoms with Gasteiger partial charge < -0.3 is 15.4 Å². The van der Waals surface area contributed by atoms with Gasteiger partial charge in [0.15, 0.2) is 0 Å². The number of carbonyl (C=O) groups excluding carboxylic acids is 2. The average molecular weight is 523 g/mol. The van der Waals surface area contributed by atoms with Gasteiger partial charge in [0.2, 0.25) is 0 Å². The van der Waals surface area contributed by atoms with Crippen LogP contribution in [-0.4, -0.2) is 11.8 Å². The summed E-state index contributed by atoms with van der Waals surface area (Å²) in [5, 5.41) is 5.36. The molecule has 34 heavy (non-hydrogen) atoms. The highest BCUT2D eigenvalue weighted by Gasteiger charge is 2.13. The molecule has 4 aromatic rings. The Hall–Kier alpha value is -4.04. The number of ether oxygens (including phenoxy) is 1. The third-order valence-corrected chi connectivity index (χ3v) is 5.17. The van der Waals surface area contributed by atoms with Crippen LogP contribution in [-0.2, 0) is 0 Å². The van der Waals surface area contributed by atoms with Gasteiger partial charge in [0.05, 0.1) is 0 Å². The Kier molecular flexibility index (Phi) is 6.98. The molecule has 4 aromatic carbocycles. The van der Waals surface area contributed by atoms with E-state index in [-0.39, 0.29) is 11.1 Å². The van der Waals surface area contributed by atoms with Gasteiger partial charge in [-0.25, -0.2) is 8.78 Å². The lowest BCUT2D eigenvalue weighted by atomic mass is 10.1. The number of hydrogen-bond acceptors (Lipinski definition) is 3. The smallest absolute Gasteiger partial charge is 0.255 e. The molecule has 0 aromatic heterocycles. The van der Waals surface area contributed by atoms with Crippen LogP contribution in [0.5, 0.6) is 11.5 Å². The highest BCUT2D eigenvalue weighted by molar-refractivity contribution is 9.10. The van der Waals surface area contributed by atoms with Crippen molar-refractivity contribution in [3.63, 3.8) is 0 Å². The first kappa shape index (κ1) is 23.1. The number of nitrogens with one attached hydrogen (secondary N) is 2. The number of carbonyl (C=O) groups is 2. The predicted molar refractivity (Wildman–Crippen MR) is 129 cm³/mol. The lowest BCUT2D eigenvalue weighted by Gasteiger charge is -2.13. The molecule has 5 nitrogen and oxygen atoms in total. The number of benzene rings is 4. The Morgan fingerprint density at radius 2 is 1.15 bits per heavy atom. The minimum absolute atomic E-state index is 0.129. The fourth-order valence-corrected chi connectivity index (χ4v) is 3.37. The molecule has 4 rings (SSSR count). The van der Waals surface area contributed by atoms with Crippen LogP contribution in [0.1, 0.15) is 20.7 Å². The summed E-state index contributed by atoms with van der Waals surface area (Å²) in [5.41, 5.74) is 0.867. The van der Waals surface area contributed by atoms with E-state index in [0.717, 1.165) is 16.6 Å². The molecule has 0 spiro atoms. The zero-order valence-electron chi connectivity index (χ0n) is 17.5. The second-order valence-electron chi connectivity index (χ2n) is 7.23. The molecule has 8 heteroatoms. The molecule has 0 saturated carbocycles. The Labute approximate surface area is 202 Å². The van der Waals surface area contributed by atoms with Crippen LogP contribution in [0, 0.1) is 11.6 Å². The fraction of sp³-hybridized carbons (Fsp3) is 0. The minimum atomic E-state index is -0.539. The van der Waals surface area contributed by atoms with Crippen molar-refractivity contribution in [3.05, 3.63) is 118 Å². The standard InChI is InChI=1S/C26H17BrF2N2O3/c27-18-7-9-23(10-8-18)34-24-14-21(30-25(32)16-3-1-5-19(28)11-16)13-22(15-24)31-26(33)17-4-2-6-20(29)12-17/h1-15H,(H,30,32)(H,31,33). The summed E-state index contributed by atoms with van der Waals surface area (Å²) >= 11 is 3.36. The van der Waals surface area contributed by atoms with Crippen LogP contribution in [0.25, 0.3) is 0 Å². The lowest BCUT2D eigenvalue weighted by Crippen LogP contribution is -2.14. The SMILES string of the molecule is O=C(Nc1cc(NC(=O)c2cccc(F)c2)cc(Oc2ccc(Br)cc2)c1)c1cccc(F)c1. The predicted octanol–water partition coefficient (Wildman–Crippen LogP) is 7.02. The number of hydrogen-bond donors (Lipinski definition) is 2. The molecule has 0 radical (unpaired) electrons. The molecule has 0 fully saturated rings. The molecule has 0 heterocycles. The second-order valence-corrected chi connectivity index (χ2v) is 8.15. The maximum absolute atomic E-state index is 13.5. The molecule has 0 atom stereocenters. The molecule has 2 amide bonds. The van der Waals surface area contributed by atoms with Gasteiger partial charge in [0, 0.05) is 39.1 Å². The minimum Gasteiger partial charge on any atom is -0.457 e. The Morgan fingerprint density at radius 3 is 1.62 bits per heavy atom. The quantitative estimate of drug-likeness (QED) is 0.285. The normalized spacial score (nSPS) is 10.4. The summed E-state index contributed by atoms with van der Waals surface area (Å²) in [6.45, 7) is 0. The topological polar surface area (TPSA) is 67.4 Å². The summed E-state index contributed by atoms with van der Waals surface area (Å²) in [4.78, 5) is 25.2. The Morgan fingerprint density at radius 1 is 0.647 bits per heavy atom. The number of rotatable bonds is 6. The van der Waals surface area contributed by atoms with Crippen LogP contribution < -0.4 is 15.4 Å². The Balaban J connectivity index is 1.63. The summed E-state index contributed by atoms with van der Waals surface area (Å²) in [7, 11) is 0. The van der Waals surface area contributed by atoms with Gasteiger partial charge in [-0.2, -0.15) is 0 Å². The van der Waals surface area contributed by atoms with Crippen LogP contribution >= 0.6 is 15.9 Å². The largest absolute Gasteiger partial charge is 0.457 e. The lowest BCUT2D eigenvalue weighted by molar-refractivity contribution is 0.101. The van der Waals surface area contributed by atoms with E-state index in [2.05, 4.69) is 26.6 Å². The highest BCUT2D eigenvalue weighted by atomic mass is 79.9. The maximum atomic E-state index is 13.5. The van der Waals surface area contributed by atoms with Crippen molar-refractivity contribution in [1.82, 2.24) is 0 Å². The number of anilines is 2. The second kappa shape index (κ2) is 10.3. The van der Waals surface area contributed by atoms with Crippen molar-refractivity contribution in [2.75, 3.05) is 10.6 Å². The molecule has 0 unspecified atom stereocenters. The van der Waals surface area contributed by atoms with Crippen molar-refractivity contribution in [1.29, 1.82) is 0 Å². The molecule has 0 saturated heterocycles. The first-order valence-corrected chi connectivity index (χ1v) is 10.9. The van der Waals surface area contributed by atoms with E-state index in [1.807, 2.05) is 0 Å².